The fourth-order valence-corrected chi connectivity index (χ4v) is 4.89. The van der Waals surface area contributed by atoms with Gasteiger partial charge >= 0.3 is 0 Å². The van der Waals surface area contributed by atoms with Gasteiger partial charge in [0.2, 0.25) is 5.91 Å². The Kier molecular flexibility index (Phi) is 5.95. The van der Waals surface area contributed by atoms with Crippen LogP contribution in [0.2, 0.25) is 10.0 Å². The molecule has 3 saturated heterocycles. The number of hydrogen-bond acceptors (Lipinski definition) is 4. The highest BCUT2D eigenvalue weighted by atomic mass is 35.5. The summed E-state index contributed by atoms with van der Waals surface area (Å²) in [6.45, 7) is 5.23. The zero-order chi connectivity index (χ0) is 18.9. The molecule has 1 aromatic rings. The maximum Gasteiger partial charge on any atom is 0.227 e. The van der Waals surface area contributed by atoms with Crippen LogP contribution >= 0.6 is 23.2 Å². The van der Waals surface area contributed by atoms with E-state index in [2.05, 4.69) is 9.80 Å². The van der Waals surface area contributed by atoms with Crippen molar-refractivity contribution >= 4 is 29.1 Å². The second kappa shape index (κ2) is 8.26. The number of benzene rings is 1. The molecule has 0 radical (unpaired) electrons. The summed E-state index contributed by atoms with van der Waals surface area (Å²) in [5.74, 6) is 0.160. The summed E-state index contributed by atoms with van der Waals surface area (Å²) >= 11 is 12.1. The predicted octanol–water partition coefficient (Wildman–Crippen LogP) is 3.57. The van der Waals surface area contributed by atoms with Crippen molar-refractivity contribution in [2.45, 2.75) is 38.1 Å². The average Bonchev–Trinajstić information content (AvgIpc) is 3.31. The van der Waals surface area contributed by atoms with Gasteiger partial charge in [0.25, 0.3) is 0 Å². The van der Waals surface area contributed by atoms with Crippen molar-refractivity contribution < 1.29 is 14.6 Å². The fraction of sp³-hybridized carbons (Fsp3) is 0.650. The molecule has 4 rings (SSSR count). The highest BCUT2D eigenvalue weighted by Crippen LogP contribution is 2.39. The van der Waals surface area contributed by atoms with E-state index in [1.54, 1.807) is 12.1 Å². The van der Waals surface area contributed by atoms with Gasteiger partial charge < -0.3 is 9.80 Å². The van der Waals surface area contributed by atoms with Crippen LogP contribution < -0.4 is 0 Å². The van der Waals surface area contributed by atoms with Crippen molar-refractivity contribution in [2.75, 3.05) is 39.4 Å². The minimum Gasteiger partial charge on any atom is -0.338 e. The van der Waals surface area contributed by atoms with Crippen LogP contribution in [0.3, 0.4) is 0 Å². The zero-order valence-corrected chi connectivity index (χ0v) is 17.0. The number of nitrogens with zero attached hydrogens (tertiary/aromatic N) is 2. The van der Waals surface area contributed by atoms with Crippen LogP contribution in [-0.4, -0.2) is 61.1 Å². The Hall–Kier alpha value is -0.850. The van der Waals surface area contributed by atoms with Crippen LogP contribution in [0.5, 0.6) is 0 Å². The zero-order valence-electron chi connectivity index (χ0n) is 15.5. The molecule has 3 heterocycles. The van der Waals surface area contributed by atoms with Crippen molar-refractivity contribution in [2.24, 2.45) is 5.41 Å². The summed E-state index contributed by atoms with van der Waals surface area (Å²) in [6.07, 6.45) is 4.73. The van der Waals surface area contributed by atoms with Gasteiger partial charge in [0.15, 0.2) is 0 Å². The highest BCUT2D eigenvalue weighted by Gasteiger charge is 2.45. The second-order valence-electron chi connectivity index (χ2n) is 8.15. The van der Waals surface area contributed by atoms with E-state index >= 15 is 0 Å². The number of carbonyl (C=O) groups is 1. The van der Waals surface area contributed by atoms with Crippen molar-refractivity contribution in [3.63, 3.8) is 0 Å². The molecule has 3 aliphatic rings. The molecule has 1 spiro atoms. The van der Waals surface area contributed by atoms with E-state index in [-0.39, 0.29) is 17.4 Å². The van der Waals surface area contributed by atoms with Crippen LogP contribution in [0, 0.1) is 5.41 Å². The number of piperidine rings is 1. The minimum absolute atomic E-state index is 0.0603. The smallest absolute Gasteiger partial charge is 0.227 e. The minimum atomic E-state index is 0.0603. The number of carbonyl (C=O) groups excluding carboxylic acids is 1. The molecule has 1 amide bonds. The lowest BCUT2D eigenvalue weighted by atomic mass is 9.76. The van der Waals surface area contributed by atoms with E-state index in [1.165, 1.54) is 12.8 Å². The molecule has 0 saturated carbocycles. The first kappa shape index (κ1) is 19.5. The third-order valence-corrected chi connectivity index (χ3v) is 6.87. The quantitative estimate of drug-likeness (QED) is 0.708. The Labute approximate surface area is 170 Å². The summed E-state index contributed by atoms with van der Waals surface area (Å²) < 4.78 is 0. The Bertz CT molecular complexity index is 688. The molecule has 1 atom stereocenters. The number of rotatable bonds is 4. The highest BCUT2D eigenvalue weighted by molar-refractivity contribution is 6.42. The Morgan fingerprint density at radius 2 is 1.85 bits per heavy atom. The lowest BCUT2D eigenvalue weighted by Gasteiger charge is -2.44. The summed E-state index contributed by atoms with van der Waals surface area (Å²) in [4.78, 5) is 28.1. The van der Waals surface area contributed by atoms with Crippen molar-refractivity contribution in [1.29, 1.82) is 0 Å². The second-order valence-corrected chi connectivity index (χ2v) is 8.97. The van der Waals surface area contributed by atoms with Crippen molar-refractivity contribution in [3.05, 3.63) is 33.8 Å². The first-order valence-electron chi connectivity index (χ1n) is 9.75. The van der Waals surface area contributed by atoms with E-state index in [9.17, 15) is 4.79 Å². The monoisotopic (exact) mass is 412 g/mol. The van der Waals surface area contributed by atoms with E-state index in [1.807, 2.05) is 6.07 Å². The molecular formula is C20H26Cl2N2O3. The van der Waals surface area contributed by atoms with Crippen LogP contribution in [-0.2, 0) is 21.0 Å². The van der Waals surface area contributed by atoms with Gasteiger partial charge in [-0.15, -0.1) is 0 Å². The third kappa shape index (κ3) is 4.43. The molecule has 3 fully saturated rings. The summed E-state index contributed by atoms with van der Waals surface area (Å²) in [5.41, 5.74) is 0.965. The van der Waals surface area contributed by atoms with Gasteiger partial charge in [0.1, 0.15) is 0 Å². The van der Waals surface area contributed by atoms with Crippen LogP contribution in [0.25, 0.3) is 0 Å². The van der Waals surface area contributed by atoms with E-state index in [0.29, 0.717) is 29.7 Å². The van der Waals surface area contributed by atoms with E-state index in [4.69, 9.17) is 33.0 Å². The van der Waals surface area contributed by atoms with Crippen LogP contribution in [0.15, 0.2) is 18.2 Å². The third-order valence-electron chi connectivity index (χ3n) is 6.13. The van der Waals surface area contributed by atoms with E-state index < -0.39 is 0 Å². The molecule has 0 bridgehead atoms. The molecular weight excluding hydrogens is 387 g/mol. The fourth-order valence-electron chi connectivity index (χ4n) is 4.57. The maximum absolute atomic E-state index is 13.1. The first-order valence-corrected chi connectivity index (χ1v) is 10.5. The standard InChI is InChI=1S/C20H26Cl2N2O3/c21-17-4-3-15(9-18(17)22)10-19(25)24-8-5-20(13-26-27-14-20)11-16(24)12-23-6-1-2-7-23/h3-4,9,16H,1-2,5-8,10-14H2/t16-/m1/s1. The molecule has 0 aromatic heterocycles. The van der Waals surface area contributed by atoms with Crippen molar-refractivity contribution in [3.8, 4) is 0 Å². The van der Waals surface area contributed by atoms with Gasteiger partial charge in [-0.05, 0) is 56.5 Å². The summed E-state index contributed by atoms with van der Waals surface area (Å²) in [6, 6.07) is 5.64. The number of amides is 1. The molecule has 1 aromatic carbocycles. The maximum atomic E-state index is 13.1. The lowest BCUT2D eigenvalue weighted by molar-refractivity contribution is -0.248. The molecule has 27 heavy (non-hydrogen) atoms. The SMILES string of the molecule is O=C(Cc1ccc(Cl)c(Cl)c1)N1CCC2(COOC2)C[C@@H]1CN1CCCC1. The normalized spacial score (nSPS) is 25.4. The molecule has 0 aliphatic carbocycles. The lowest BCUT2D eigenvalue weighted by Crippen LogP contribution is -2.55. The summed E-state index contributed by atoms with van der Waals surface area (Å²) in [5, 5.41) is 1.01. The number of halogens is 2. The molecule has 7 heteroatoms. The van der Waals surface area contributed by atoms with Gasteiger partial charge in [-0.1, -0.05) is 29.3 Å². The van der Waals surface area contributed by atoms with Gasteiger partial charge in [-0.25, -0.2) is 9.78 Å². The molecule has 148 valence electrons. The molecule has 5 nitrogen and oxygen atoms in total. The molecule has 0 unspecified atom stereocenters. The molecule has 3 aliphatic heterocycles. The van der Waals surface area contributed by atoms with Gasteiger partial charge in [-0.3, -0.25) is 4.79 Å². The van der Waals surface area contributed by atoms with Crippen molar-refractivity contribution in [1.82, 2.24) is 9.80 Å². The van der Waals surface area contributed by atoms with Crippen LogP contribution in [0.4, 0.5) is 0 Å². The summed E-state index contributed by atoms with van der Waals surface area (Å²) in [7, 11) is 0. The van der Waals surface area contributed by atoms with Crippen LogP contribution in [0.1, 0.15) is 31.2 Å². The topological polar surface area (TPSA) is 42.0 Å². The first-order chi connectivity index (χ1) is 13.0. The van der Waals surface area contributed by atoms with Gasteiger partial charge in [0, 0.05) is 24.5 Å². The molecule has 0 N–H and O–H groups in total. The predicted molar refractivity (Wildman–Crippen MR) is 105 cm³/mol. The van der Waals surface area contributed by atoms with E-state index in [0.717, 1.165) is 44.6 Å². The largest absolute Gasteiger partial charge is 0.338 e. The Balaban J connectivity index is 1.47. The Morgan fingerprint density at radius 3 is 2.56 bits per heavy atom. The van der Waals surface area contributed by atoms with Gasteiger partial charge in [0.05, 0.1) is 29.7 Å². The van der Waals surface area contributed by atoms with Gasteiger partial charge in [-0.2, -0.15) is 0 Å². The Morgan fingerprint density at radius 1 is 1.11 bits per heavy atom. The number of likely N-dealkylation sites (tertiary alicyclic amines) is 2. The average molecular weight is 413 g/mol. The number of hydrogen-bond donors (Lipinski definition) is 0.